The maximum absolute atomic E-state index is 12.0. The molecule has 20 heavy (non-hydrogen) atoms. The molecule has 0 aromatic heterocycles. The lowest BCUT2D eigenvalue weighted by Gasteiger charge is -2.37. The molecule has 2 aliphatic rings. The van der Waals surface area contributed by atoms with Crippen LogP contribution in [0.3, 0.4) is 0 Å². The number of carbonyl (C=O) groups excluding carboxylic acids is 2. The Morgan fingerprint density at radius 1 is 1.45 bits per heavy atom. The van der Waals surface area contributed by atoms with Crippen molar-refractivity contribution in [3.63, 3.8) is 0 Å². The second kappa shape index (κ2) is 6.11. The van der Waals surface area contributed by atoms with Crippen LogP contribution >= 0.6 is 0 Å². The van der Waals surface area contributed by atoms with Gasteiger partial charge in [-0.05, 0) is 12.8 Å². The summed E-state index contributed by atoms with van der Waals surface area (Å²) in [4.78, 5) is 37.8. The van der Waals surface area contributed by atoms with Crippen molar-refractivity contribution in [3.8, 4) is 0 Å². The molecule has 0 saturated carbocycles. The highest BCUT2D eigenvalue weighted by Crippen LogP contribution is 2.22. The van der Waals surface area contributed by atoms with Crippen LogP contribution in [-0.4, -0.2) is 65.0 Å². The number of amides is 3. The molecule has 2 atom stereocenters. The Kier molecular flexibility index (Phi) is 4.46. The number of aliphatic carboxylic acids is 1. The number of carboxylic acid groups (broad SMARTS) is 1. The second-order valence-electron chi connectivity index (χ2n) is 5.49. The van der Waals surface area contributed by atoms with Crippen molar-refractivity contribution < 1.29 is 19.5 Å². The zero-order valence-electron chi connectivity index (χ0n) is 11.7. The number of rotatable bonds is 4. The fourth-order valence-electron chi connectivity index (χ4n) is 2.68. The molecule has 2 saturated heterocycles. The van der Waals surface area contributed by atoms with Crippen LogP contribution in [0.1, 0.15) is 26.2 Å². The molecular weight excluding hydrogens is 262 g/mol. The van der Waals surface area contributed by atoms with E-state index in [1.165, 1.54) is 0 Å². The van der Waals surface area contributed by atoms with E-state index in [2.05, 4.69) is 5.32 Å². The van der Waals surface area contributed by atoms with E-state index < -0.39 is 11.9 Å². The van der Waals surface area contributed by atoms with Gasteiger partial charge < -0.3 is 20.2 Å². The minimum absolute atomic E-state index is 0.153. The number of fused-ring (bicyclic) bond motifs is 1. The Morgan fingerprint density at radius 2 is 2.20 bits per heavy atom. The van der Waals surface area contributed by atoms with Crippen molar-refractivity contribution in [3.05, 3.63) is 0 Å². The quantitative estimate of drug-likeness (QED) is 0.766. The van der Waals surface area contributed by atoms with Crippen LogP contribution < -0.4 is 5.32 Å². The summed E-state index contributed by atoms with van der Waals surface area (Å²) in [5, 5.41) is 11.5. The standard InChI is InChI=1S/C13H21N3O4/c1-9(12(18)19)4-5-14-13(20)15-6-7-16-10(8-15)2-3-11(16)17/h9-10H,2-8H2,1H3,(H,14,20)(H,18,19). The highest BCUT2D eigenvalue weighted by Gasteiger charge is 2.36. The van der Waals surface area contributed by atoms with Gasteiger partial charge in [-0.2, -0.15) is 0 Å². The number of hydrogen-bond donors (Lipinski definition) is 2. The van der Waals surface area contributed by atoms with E-state index in [4.69, 9.17) is 5.11 Å². The zero-order valence-corrected chi connectivity index (χ0v) is 11.7. The van der Waals surface area contributed by atoms with E-state index in [-0.39, 0.29) is 18.0 Å². The van der Waals surface area contributed by atoms with Gasteiger partial charge in [-0.15, -0.1) is 0 Å². The molecule has 0 aliphatic carbocycles. The predicted octanol–water partition coefficient (Wildman–Crippen LogP) is 0.113. The first-order valence-electron chi connectivity index (χ1n) is 7.04. The van der Waals surface area contributed by atoms with Crippen LogP contribution in [0.4, 0.5) is 4.79 Å². The Balaban J connectivity index is 1.74. The minimum atomic E-state index is -0.850. The first kappa shape index (κ1) is 14.6. The van der Waals surface area contributed by atoms with Crippen LogP contribution in [0.2, 0.25) is 0 Å². The SMILES string of the molecule is CC(CCNC(=O)N1CCN2C(=O)CCC2C1)C(=O)O. The van der Waals surface area contributed by atoms with Gasteiger partial charge in [0.05, 0.1) is 5.92 Å². The van der Waals surface area contributed by atoms with Crippen molar-refractivity contribution in [1.82, 2.24) is 15.1 Å². The molecule has 2 fully saturated rings. The summed E-state index contributed by atoms with van der Waals surface area (Å²) in [6.45, 7) is 3.70. The summed E-state index contributed by atoms with van der Waals surface area (Å²) in [5.41, 5.74) is 0. The fraction of sp³-hybridized carbons (Fsp3) is 0.769. The van der Waals surface area contributed by atoms with Crippen molar-refractivity contribution in [2.45, 2.75) is 32.2 Å². The molecule has 3 amide bonds. The first-order chi connectivity index (χ1) is 9.49. The third-order valence-corrected chi connectivity index (χ3v) is 4.06. The maximum atomic E-state index is 12.0. The summed E-state index contributed by atoms with van der Waals surface area (Å²) in [6, 6.07) is -0.0125. The van der Waals surface area contributed by atoms with E-state index in [0.29, 0.717) is 39.0 Å². The molecule has 0 aromatic rings. The van der Waals surface area contributed by atoms with Gasteiger partial charge in [0.2, 0.25) is 5.91 Å². The molecule has 7 heteroatoms. The highest BCUT2D eigenvalue weighted by molar-refractivity contribution is 5.80. The number of nitrogens with one attached hydrogen (secondary N) is 1. The molecule has 0 bridgehead atoms. The molecule has 2 aliphatic heterocycles. The Bertz CT molecular complexity index is 412. The molecule has 2 heterocycles. The first-order valence-corrected chi connectivity index (χ1v) is 7.04. The lowest BCUT2D eigenvalue weighted by Crippen LogP contribution is -2.55. The molecule has 0 spiro atoms. The van der Waals surface area contributed by atoms with Gasteiger partial charge in [0.15, 0.2) is 0 Å². The Hall–Kier alpha value is -1.79. The number of hydrogen-bond acceptors (Lipinski definition) is 3. The highest BCUT2D eigenvalue weighted by atomic mass is 16.4. The molecule has 2 unspecified atom stereocenters. The average Bonchev–Trinajstić information content (AvgIpc) is 2.79. The normalized spacial score (nSPS) is 23.4. The van der Waals surface area contributed by atoms with Gasteiger partial charge in [0.25, 0.3) is 0 Å². The van der Waals surface area contributed by atoms with Crippen molar-refractivity contribution in [2.24, 2.45) is 5.92 Å². The maximum Gasteiger partial charge on any atom is 0.317 e. The topological polar surface area (TPSA) is 90.0 Å². The molecule has 0 radical (unpaired) electrons. The molecule has 2 N–H and O–H groups in total. The molecule has 7 nitrogen and oxygen atoms in total. The van der Waals surface area contributed by atoms with Crippen LogP contribution in [0, 0.1) is 5.92 Å². The molecule has 0 aromatic carbocycles. The van der Waals surface area contributed by atoms with Gasteiger partial charge in [-0.25, -0.2) is 4.79 Å². The van der Waals surface area contributed by atoms with Crippen LogP contribution in [0.5, 0.6) is 0 Å². The number of carboxylic acids is 1. The van der Waals surface area contributed by atoms with Crippen LogP contribution in [-0.2, 0) is 9.59 Å². The third kappa shape index (κ3) is 3.20. The van der Waals surface area contributed by atoms with E-state index in [1.54, 1.807) is 11.8 Å². The fourth-order valence-corrected chi connectivity index (χ4v) is 2.68. The van der Waals surface area contributed by atoms with Crippen molar-refractivity contribution >= 4 is 17.9 Å². The monoisotopic (exact) mass is 283 g/mol. The van der Waals surface area contributed by atoms with Gasteiger partial charge in [0.1, 0.15) is 0 Å². The van der Waals surface area contributed by atoms with Crippen molar-refractivity contribution in [2.75, 3.05) is 26.2 Å². The third-order valence-electron chi connectivity index (χ3n) is 4.06. The zero-order chi connectivity index (χ0) is 14.7. The van der Waals surface area contributed by atoms with Crippen LogP contribution in [0.15, 0.2) is 0 Å². The summed E-state index contributed by atoms with van der Waals surface area (Å²) in [5.74, 6) is -1.12. The summed E-state index contributed by atoms with van der Waals surface area (Å²) in [6.07, 6.45) is 1.82. The second-order valence-corrected chi connectivity index (χ2v) is 5.49. The summed E-state index contributed by atoms with van der Waals surface area (Å²) < 4.78 is 0. The minimum Gasteiger partial charge on any atom is -0.481 e. The summed E-state index contributed by atoms with van der Waals surface area (Å²) >= 11 is 0. The van der Waals surface area contributed by atoms with E-state index in [1.807, 2.05) is 4.90 Å². The molecule has 2 rings (SSSR count). The average molecular weight is 283 g/mol. The molecular formula is C13H21N3O4. The van der Waals surface area contributed by atoms with E-state index in [0.717, 1.165) is 6.42 Å². The van der Waals surface area contributed by atoms with E-state index in [9.17, 15) is 14.4 Å². The Morgan fingerprint density at radius 3 is 2.90 bits per heavy atom. The van der Waals surface area contributed by atoms with Gasteiger partial charge >= 0.3 is 12.0 Å². The van der Waals surface area contributed by atoms with E-state index >= 15 is 0 Å². The lowest BCUT2D eigenvalue weighted by atomic mass is 10.1. The van der Waals surface area contributed by atoms with Gasteiger partial charge in [-0.1, -0.05) is 6.92 Å². The largest absolute Gasteiger partial charge is 0.481 e. The van der Waals surface area contributed by atoms with Gasteiger partial charge in [-0.3, -0.25) is 9.59 Å². The smallest absolute Gasteiger partial charge is 0.317 e. The molecule has 112 valence electrons. The lowest BCUT2D eigenvalue weighted by molar-refractivity contribution is -0.141. The number of urea groups is 1. The van der Waals surface area contributed by atoms with Gasteiger partial charge in [0, 0.05) is 38.6 Å². The number of carbonyl (C=O) groups is 3. The predicted molar refractivity (Wildman–Crippen MR) is 71.1 cm³/mol. The number of nitrogens with zero attached hydrogens (tertiary/aromatic N) is 2. The summed E-state index contributed by atoms with van der Waals surface area (Å²) in [7, 11) is 0. The van der Waals surface area contributed by atoms with Crippen LogP contribution in [0.25, 0.3) is 0 Å². The Labute approximate surface area is 117 Å². The number of piperazine rings is 1. The van der Waals surface area contributed by atoms with Crippen molar-refractivity contribution in [1.29, 1.82) is 0 Å².